The highest BCUT2D eigenvalue weighted by atomic mass is 35.5. The van der Waals surface area contributed by atoms with E-state index in [4.69, 9.17) is 44.6 Å². The first-order valence-electron chi connectivity index (χ1n) is 5.21. The van der Waals surface area contributed by atoms with Crippen LogP contribution in [0.1, 0.15) is 26.7 Å². The van der Waals surface area contributed by atoms with Crippen LogP contribution >= 0.6 is 34.8 Å². The van der Waals surface area contributed by atoms with Gasteiger partial charge >= 0.3 is 18.1 Å². The third-order valence-electron chi connectivity index (χ3n) is 2.28. The second-order valence-electron chi connectivity index (χ2n) is 4.52. The molecule has 1 atom stereocenters. The van der Waals surface area contributed by atoms with E-state index < -0.39 is 46.3 Å². The van der Waals surface area contributed by atoms with Crippen molar-refractivity contribution in [2.75, 3.05) is 0 Å². The number of carboxylic acid groups (broad SMARTS) is 1. The Balaban J connectivity index is 4.79. The van der Waals surface area contributed by atoms with Crippen molar-refractivity contribution in [2.24, 2.45) is 0 Å². The van der Waals surface area contributed by atoms with Gasteiger partial charge in [-0.1, -0.05) is 23.2 Å². The van der Waals surface area contributed by atoms with E-state index >= 15 is 0 Å². The molecule has 0 saturated carbocycles. The molecule has 1 N–H and O–H groups in total. The lowest BCUT2D eigenvalue weighted by molar-refractivity contribution is -0.162. The average Bonchev–Trinajstić information content (AvgIpc) is 2.11. The Labute approximate surface area is 128 Å². The second kappa shape index (κ2) is 6.58. The van der Waals surface area contributed by atoms with Crippen LogP contribution in [0.5, 0.6) is 0 Å². The normalized spacial score (nSPS) is 14.8. The molecule has 0 heterocycles. The number of esters is 1. The molecule has 118 valence electrons. The van der Waals surface area contributed by atoms with Crippen LogP contribution in [-0.2, 0) is 14.3 Å². The summed E-state index contributed by atoms with van der Waals surface area (Å²) < 4.78 is 39.2. The van der Waals surface area contributed by atoms with Gasteiger partial charge in [0, 0.05) is 6.42 Å². The molecule has 0 amide bonds. The van der Waals surface area contributed by atoms with Crippen LogP contribution in [0.4, 0.5) is 13.2 Å². The SMILES string of the molecule is CC(C)(OC(=O)CC(=O)O)C(Cl)CC(Cl)(Cl)C(F)(F)F. The molecule has 0 aromatic rings. The summed E-state index contributed by atoms with van der Waals surface area (Å²) >= 11 is 16.1. The number of alkyl halides is 6. The zero-order valence-corrected chi connectivity index (χ0v) is 12.7. The molecule has 1 unspecified atom stereocenters. The van der Waals surface area contributed by atoms with Crippen LogP contribution in [0, 0.1) is 0 Å². The monoisotopic (exact) mass is 358 g/mol. The second-order valence-corrected chi connectivity index (χ2v) is 6.53. The molecule has 20 heavy (non-hydrogen) atoms. The van der Waals surface area contributed by atoms with Gasteiger partial charge in [-0.3, -0.25) is 9.59 Å². The van der Waals surface area contributed by atoms with Crippen LogP contribution < -0.4 is 0 Å². The van der Waals surface area contributed by atoms with Crippen molar-refractivity contribution in [3.05, 3.63) is 0 Å². The smallest absolute Gasteiger partial charge is 0.421 e. The number of hydrogen-bond donors (Lipinski definition) is 1. The highest BCUT2D eigenvalue weighted by Crippen LogP contribution is 2.45. The van der Waals surface area contributed by atoms with Crippen molar-refractivity contribution in [2.45, 2.75) is 48.2 Å². The van der Waals surface area contributed by atoms with E-state index in [1.165, 1.54) is 13.8 Å². The number of halogens is 6. The third kappa shape index (κ3) is 5.93. The van der Waals surface area contributed by atoms with Crippen molar-refractivity contribution in [1.82, 2.24) is 0 Å². The average molecular weight is 360 g/mol. The predicted molar refractivity (Wildman–Crippen MR) is 67.2 cm³/mol. The lowest BCUT2D eigenvalue weighted by Gasteiger charge is -2.33. The van der Waals surface area contributed by atoms with E-state index in [-0.39, 0.29) is 0 Å². The van der Waals surface area contributed by atoms with Gasteiger partial charge in [-0.2, -0.15) is 13.2 Å². The number of carbonyl (C=O) groups is 2. The van der Waals surface area contributed by atoms with Crippen LogP contribution in [0.3, 0.4) is 0 Å². The molecule has 0 saturated heterocycles. The van der Waals surface area contributed by atoms with E-state index in [1.807, 2.05) is 0 Å². The number of carbonyl (C=O) groups excluding carboxylic acids is 1. The van der Waals surface area contributed by atoms with Gasteiger partial charge in [0.15, 0.2) is 0 Å². The Bertz CT molecular complexity index is 382. The summed E-state index contributed by atoms with van der Waals surface area (Å²) in [6.07, 6.45) is -6.78. The molecule has 0 rings (SSSR count). The Morgan fingerprint density at radius 3 is 2.05 bits per heavy atom. The Kier molecular flexibility index (Phi) is 6.44. The Morgan fingerprint density at radius 1 is 1.25 bits per heavy atom. The largest absolute Gasteiger partial charge is 0.481 e. The minimum Gasteiger partial charge on any atom is -0.481 e. The summed E-state index contributed by atoms with van der Waals surface area (Å²) in [5.74, 6) is -2.56. The van der Waals surface area contributed by atoms with E-state index in [1.54, 1.807) is 0 Å². The van der Waals surface area contributed by atoms with E-state index in [0.717, 1.165) is 0 Å². The van der Waals surface area contributed by atoms with Gasteiger partial charge in [0.25, 0.3) is 0 Å². The molecular formula is C10H12Cl3F3O4. The van der Waals surface area contributed by atoms with Gasteiger partial charge in [-0.25, -0.2) is 0 Å². The Hall–Kier alpha value is -0.400. The van der Waals surface area contributed by atoms with Gasteiger partial charge in [-0.15, -0.1) is 11.6 Å². The molecule has 0 fully saturated rings. The van der Waals surface area contributed by atoms with Crippen LogP contribution in [0.25, 0.3) is 0 Å². The summed E-state index contributed by atoms with van der Waals surface area (Å²) in [7, 11) is 0. The summed E-state index contributed by atoms with van der Waals surface area (Å²) in [6, 6.07) is 0. The molecule has 0 spiro atoms. The molecule has 10 heteroatoms. The van der Waals surface area contributed by atoms with Crippen molar-refractivity contribution >= 4 is 46.7 Å². The Morgan fingerprint density at radius 2 is 1.70 bits per heavy atom. The molecule has 0 aliphatic carbocycles. The molecule has 0 aromatic heterocycles. The molecule has 0 aliphatic rings. The summed E-state index contributed by atoms with van der Waals surface area (Å²) in [5.41, 5.74) is -1.58. The highest BCUT2D eigenvalue weighted by molar-refractivity contribution is 6.49. The standard InChI is InChI=1S/C10H12Cl3F3O4/c1-8(2,20-7(19)3-6(17)18)5(11)4-9(12,13)10(14,15)16/h5H,3-4H2,1-2H3,(H,17,18). The lowest BCUT2D eigenvalue weighted by atomic mass is 9.99. The van der Waals surface area contributed by atoms with Gasteiger partial charge in [-0.05, 0) is 13.8 Å². The maximum absolute atomic E-state index is 12.5. The van der Waals surface area contributed by atoms with Gasteiger partial charge in [0.1, 0.15) is 12.0 Å². The summed E-state index contributed by atoms with van der Waals surface area (Å²) in [5, 5.41) is 7.01. The molecule has 0 aliphatic heterocycles. The molecular weight excluding hydrogens is 347 g/mol. The van der Waals surface area contributed by atoms with Crippen LogP contribution in [0.15, 0.2) is 0 Å². The molecule has 0 aromatic carbocycles. The van der Waals surface area contributed by atoms with Crippen LogP contribution in [-0.4, -0.2) is 38.5 Å². The number of ether oxygens (including phenoxy) is 1. The van der Waals surface area contributed by atoms with E-state index in [9.17, 15) is 22.8 Å². The zero-order valence-electron chi connectivity index (χ0n) is 10.4. The predicted octanol–water partition coefficient (Wildman–Crippen LogP) is 3.52. The number of rotatable bonds is 6. The summed E-state index contributed by atoms with van der Waals surface area (Å²) in [6.45, 7) is 2.45. The fourth-order valence-corrected chi connectivity index (χ4v) is 1.85. The van der Waals surface area contributed by atoms with Gasteiger partial charge < -0.3 is 9.84 Å². The molecule has 0 radical (unpaired) electrons. The molecule has 4 nitrogen and oxygen atoms in total. The molecule has 0 bridgehead atoms. The first-order chi connectivity index (χ1) is 8.69. The fraction of sp³-hybridized carbons (Fsp3) is 0.800. The quantitative estimate of drug-likeness (QED) is 0.448. The maximum Gasteiger partial charge on any atom is 0.421 e. The van der Waals surface area contributed by atoms with Crippen molar-refractivity contribution in [3.63, 3.8) is 0 Å². The summed E-state index contributed by atoms with van der Waals surface area (Å²) in [4.78, 5) is 21.5. The highest BCUT2D eigenvalue weighted by Gasteiger charge is 2.55. The van der Waals surface area contributed by atoms with Crippen molar-refractivity contribution in [1.29, 1.82) is 0 Å². The van der Waals surface area contributed by atoms with Crippen molar-refractivity contribution < 1.29 is 32.6 Å². The van der Waals surface area contributed by atoms with Crippen LogP contribution in [0.2, 0.25) is 0 Å². The topological polar surface area (TPSA) is 63.6 Å². The minimum absolute atomic E-state index is 0.931. The van der Waals surface area contributed by atoms with Crippen molar-refractivity contribution in [3.8, 4) is 0 Å². The number of hydrogen-bond acceptors (Lipinski definition) is 3. The van der Waals surface area contributed by atoms with E-state index in [2.05, 4.69) is 0 Å². The zero-order chi connectivity index (χ0) is 16.4. The van der Waals surface area contributed by atoms with Gasteiger partial charge in [0.05, 0.1) is 5.38 Å². The fourth-order valence-electron chi connectivity index (χ4n) is 1.10. The first-order valence-corrected chi connectivity index (χ1v) is 6.40. The number of carboxylic acids is 1. The minimum atomic E-state index is -4.91. The first kappa shape index (κ1) is 19.6. The van der Waals surface area contributed by atoms with E-state index in [0.29, 0.717) is 0 Å². The third-order valence-corrected chi connectivity index (χ3v) is 3.69. The maximum atomic E-state index is 12.5. The van der Waals surface area contributed by atoms with Gasteiger partial charge in [0.2, 0.25) is 4.33 Å². The number of aliphatic carboxylic acids is 1. The lowest BCUT2D eigenvalue weighted by Crippen LogP contribution is -2.45.